The number of nitrogens with zero attached hydrogens (tertiary/aromatic N) is 6. The van der Waals surface area contributed by atoms with E-state index in [0.29, 0.717) is 0 Å². The average Bonchev–Trinajstić information content (AvgIpc) is 1.74. The van der Waals surface area contributed by atoms with Gasteiger partial charge in [-0.2, -0.15) is 0 Å². The predicted molar refractivity (Wildman–Crippen MR) is 361 cm³/mol. The van der Waals surface area contributed by atoms with Gasteiger partial charge in [-0.05, 0) is 156 Å². The molecule has 6 heteroatoms. The first-order valence-corrected chi connectivity index (χ1v) is 31.5. The van der Waals surface area contributed by atoms with Crippen molar-refractivity contribution < 1.29 is 0 Å². The smallest absolute Gasteiger partial charge is 0.141 e. The summed E-state index contributed by atoms with van der Waals surface area (Å²) in [5.41, 5.74) is 16.0. The number of aryl methyl sites for hydroxylation is 2. The maximum Gasteiger partial charge on any atom is 0.141 e. The summed E-state index contributed by atoms with van der Waals surface area (Å²) in [6.45, 7) is 20.6. The molecular formula is C78H84N6. The van der Waals surface area contributed by atoms with Gasteiger partial charge in [-0.1, -0.05) is 192 Å². The zero-order chi connectivity index (χ0) is 58.0. The van der Waals surface area contributed by atoms with Crippen LogP contribution in [0.2, 0.25) is 0 Å². The number of hydrogen-bond acceptors (Lipinski definition) is 4. The van der Waals surface area contributed by atoms with Crippen molar-refractivity contribution in [1.82, 2.24) is 19.1 Å². The van der Waals surface area contributed by atoms with E-state index < -0.39 is 0 Å². The lowest BCUT2D eigenvalue weighted by molar-refractivity contribution is 0.566. The minimum atomic E-state index is -0.144. The van der Waals surface area contributed by atoms with Crippen LogP contribution in [-0.2, 0) is 23.9 Å². The van der Waals surface area contributed by atoms with Crippen molar-refractivity contribution >= 4 is 88.5 Å². The Bertz CT molecular complexity index is 3810. The summed E-state index contributed by atoms with van der Waals surface area (Å²) < 4.78 is 5.27. The van der Waals surface area contributed by atoms with Gasteiger partial charge in [-0.3, -0.25) is 0 Å². The summed E-state index contributed by atoms with van der Waals surface area (Å²) in [5, 5.41) is 7.61. The van der Waals surface area contributed by atoms with E-state index in [-0.39, 0.29) is 10.8 Å². The topological polar surface area (TPSA) is 42.1 Å². The molecule has 2 aromatic heterocycles. The van der Waals surface area contributed by atoms with Crippen molar-refractivity contribution in [3.05, 3.63) is 205 Å². The van der Waals surface area contributed by atoms with E-state index in [1.165, 1.54) is 119 Å². The van der Waals surface area contributed by atoms with Crippen LogP contribution in [0.25, 0.3) is 77.2 Å². The fourth-order valence-corrected chi connectivity index (χ4v) is 13.0. The van der Waals surface area contributed by atoms with E-state index >= 15 is 0 Å². The molecule has 0 aliphatic heterocycles. The van der Waals surface area contributed by atoms with Gasteiger partial charge in [0.15, 0.2) is 0 Å². The molecule has 0 aliphatic carbocycles. The van der Waals surface area contributed by atoms with Crippen molar-refractivity contribution in [2.45, 2.75) is 156 Å². The van der Waals surface area contributed by atoms with Crippen LogP contribution in [0.15, 0.2) is 194 Å². The summed E-state index contributed by atoms with van der Waals surface area (Å²) in [5.74, 6) is 2.06. The normalized spacial score (nSPS) is 12.2. The summed E-state index contributed by atoms with van der Waals surface area (Å²) in [6.07, 6.45) is 14.6. The third kappa shape index (κ3) is 11.1. The number of rotatable bonds is 22. The van der Waals surface area contributed by atoms with Crippen LogP contribution in [0.3, 0.4) is 0 Å². The molecule has 84 heavy (non-hydrogen) atoms. The highest BCUT2D eigenvalue weighted by atomic mass is 15.2. The number of hydrogen-bond donors (Lipinski definition) is 0. The third-order valence-corrected chi connectivity index (χ3v) is 17.5. The highest BCUT2D eigenvalue weighted by Crippen LogP contribution is 2.50. The zero-order valence-corrected chi connectivity index (χ0v) is 51.1. The van der Waals surface area contributed by atoms with Crippen LogP contribution in [0.5, 0.6) is 0 Å². The fraction of sp³-hybridized carbons (Fsp3) is 0.308. The van der Waals surface area contributed by atoms with E-state index in [1.807, 2.05) is 0 Å². The highest BCUT2D eigenvalue weighted by molar-refractivity contribution is 6.39. The van der Waals surface area contributed by atoms with E-state index in [1.54, 1.807) is 0 Å². The van der Waals surface area contributed by atoms with Gasteiger partial charge in [0.2, 0.25) is 0 Å². The van der Waals surface area contributed by atoms with Gasteiger partial charge in [-0.15, -0.1) is 0 Å². The molecule has 12 rings (SSSR count). The summed E-state index contributed by atoms with van der Waals surface area (Å²) >= 11 is 0. The van der Waals surface area contributed by atoms with Crippen molar-refractivity contribution in [3.8, 4) is 22.8 Å². The number of aromatic nitrogens is 4. The quantitative estimate of drug-likeness (QED) is 0.0501. The lowest BCUT2D eigenvalue weighted by atomic mass is 9.80. The van der Waals surface area contributed by atoms with Crippen LogP contribution in [0.4, 0.5) is 34.1 Å². The molecule has 2 heterocycles. The summed E-state index contributed by atoms with van der Waals surface area (Å²) in [7, 11) is 0. The van der Waals surface area contributed by atoms with Crippen molar-refractivity contribution in [2.75, 3.05) is 9.80 Å². The lowest BCUT2D eigenvalue weighted by Crippen LogP contribution is -2.12. The number of unbranched alkanes of at least 4 members (excludes halogenated alkanes) is 10. The van der Waals surface area contributed by atoms with Crippen LogP contribution >= 0.6 is 0 Å². The van der Waals surface area contributed by atoms with E-state index in [4.69, 9.17) is 9.97 Å². The maximum absolute atomic E-state index is 5.97. The van der Waals surface area contributed by atoms with Crippen molar-refractivity contribution in [1.29, 1.82) is 0 Å². The highest BCUT2D eigenvalue weighted by Gasteiger charge is 2.30. The van der Waals surface area contributed by atoms with E-state index in [2.05, 4.69) is 268 Å². The second-order valence-electron chi connectivity index (χ2n) is 25.6. The molecule has 12 aromatic rings. The average molecular weight is 1110 g/mol. The van der Waals surface area contributed by atoms with Gasteiger partial charge in [0, 0.05) is 90.7 Å². The van der Waals surface area contributed by atoms with Crippen molar-refractivity contribution in [3.63, 3.8) is 0 Å². The summed E-state index contributed by atoms with van der Waals surface area (Å²) in [4.78, 5) is 16.6. The van der Waals surface area contributed by atoms with Crippen LogP contribution < -0.4 is 9.80 Å². The molecule has 0 saturated carbocycles. The molecule has 6 nitrogen and oxygen atoms in total. The Kier molecular flexibility index (Phi) is 16.2. The molecule has 0 fully saturated rings. The molecule has 0 bridgehead atoms. The van der Waals surface area contributed by atoms with Crippen LogP contribution in [0.1, 0.15) is 144 Å². The second kappa shape index (κ2) is 24.2. The molecule has 0 N–H and O–H groups in total. The maximum atomic E-state index is 5.97. The molecule has 0 amide bonds. The van der Waals surface area contributed by atoms with Crippen molar-refractivity contribution in [2.24, 2.45) is 0 Å². The van der Waals surface area contributed by atoms with E-state index in [9.17, 15) is 0 Å². The number of imidazole rings is 2. The first kappa shape index (κ1) is 56.3. The Balaban J connectivity index is 1.12. The van der Waals surface area contributed by atoms with Gasteiger partial charge < -0.3 is 18.9 Å². The molecule has 426 valence electrons. The first-order valence-electron chi connectivity index (χ1n) is 31.5. The lowest BCUT2D eigenvalue weighted by Gasteiger charge is -2.25. The Hall–Kier alpha value is -8.22. The Morgan fingerprint density at radius 3 is 0.940 bits per heavy atom. The molecule has 10 aromatic carbocycles. The van der Waals surface area contributed by atoms with Crippen LogP contribution in [-0.4, -0.2) is 19.1 Å². The summed E-state index contributed by atoms with van der Waals surface area (Å²) in [6, 6.07) is 71.4. The molecule has 0 radical (unpaired) electrons. The molecular weight excluding hydrogens is 1020 g/mol. The largest absolute Gasteiger partial charge is 0.323 e. The van der Waals surface area contributed by atoms with Gasteiger partial charge in [-0.25, -0.2) is 9.97 Å². The van der Waals surface area contributed by atoms with Gasteiger partial charge >= 0.3 is 0 Å². The first-order chi connectivity index (χ1) is 40.9. The minimum absolute atomic E-state index is 0.138. The predicted octanol–water partition coefficient (Wildman–Crippen LogP) is 22.9. The fourth-order valence-electron chi connectivity index (χ4n) is 13.0. The molecule has 0 saturated heterocycles. The Morgan fingerprint density at radius 1 is 0.333 bits per heavy atom. The minimum Gasteiger partial charge on any atom is -0.323 e. The van der Waals surface area contributed by atoms with Gasteiger partial charge in [0.1, 0.15) is 11.6 Å². The Morgan fingerprint density at radius 2 is 0.619 bits per heavy atom. The number of benzene rings is 10. The number of anilines is 6. The molecule has 0 aliphatic rings. The SMILES string of the molecule is CCCCCCCCn1c(-c2ccc(N(c3ccccc3)c3ccccc3)cc2)nc2c3cc(C(C)(C)C)cc4c5nc(-c6ccc(N(c7ccccc7)c7ccccc7)cc6)n(CCCCCCCC)c5c5cc(C(C)(C)C)cc(c5c34)c21. The number of para-hydroxylation sites is 4. The monoisotopic (exact) mass is 1100 g/mol. The van der Waals surface area contributed by atoms with Crippen LogP contribution in [0, 0.1) is 0 Å². The van der Waals surface area contributed by atoms with Gasteiger partial charge in [0.25, 0.3) is 0 Å². The molecule has 0 spiro atoms. The number of fused-ring (bicyclic) bond motifs is 6. The third-order valence-electron chi connectivity index (χ3n) is 17.5. The Labute approximate surface area is 499 Å². The standard InChI is InChI=1S/C78H84N6/c1-9-11-13-15-17-31-49-81-73-67-53-58(78(6,7)8)54-68-70(67)69-65(71(73)79-75(81)55-41-45-63(46-42-55)83(59-33-23-19-24-34-59)60-35-25-20-26-36-60)51-57(77(3,4)5)52-66(69)72-74(68)82(50-32-18-16-14-12-10-2)76(80-72)56-43-47-64(48-44-56)84(61-37-27-21-28-38-61)62-39-29-22-30-40-62/h19-30,33-48,51-54H,9-18,31-32,49-50H2,1-8H3. The zero-order valence-electron chi connectivity index (χ0n) is 51.1. The second-order valence-corrected chi connectivity index (χ2v) is 25.6. The van der Waals surface area contributed by atoms with Gasteiger partial charge in [0.05, 0.1) is 22.1 Å². The van der Waals surface area contributed by atoms with E-state index in [0.717, 1.165) is 93.9 Å². The molecule has 0 unspecified atom stereocenters. The molecule has 0 atom stereocenters.